The molecule has 0 radical (unpaired) electrons. The molecule has 2 N–H and O–H groups in total. The predicted molar refractivity (Wildman–Crippen MR) is 87.7 cm³/mol. The Balaban J connectivity index is 1.98. The summed E-state index contributed by atoms with van der Waals surface area (Å²) >= 11 is 0. The molecule has 4 nitrogen and oxygen atoms in total. The molecule has 1 heterocycles. The van der Waals surface area contributed by atoms with Gasteiger partial charge in [-0.2, -0.15) is 0 Å². The smallest absolute Gasteiger partial charge is 0.333 e. The Hall–Kier alpha value is -2.82. The highest BCUT2D eigenvalue weighted by molar-refractivity contribution is 5.91. The summed E-state index contributed by atoms with van der Waals surface area (Å²) in [7, 11) is 0. The van der Waals surface area contributed by atoms with E-state index < -0.39 is 6.04 Å². The summed E-state index contributed by atoms with van der Waals surface area (Å²) in [6, 6.07) is 12.9. The highest BCUT2D eigenvalue weighted by Crippen LogP contribution is 2.28. The average Bonchev–Trinajstić information content (AvgIpc) is 2.98. The van der Waals surface area contributed by atoms with Crippen molar-refractivity contribution in [2.45, 2.75) is 13.0 Å². The monoisotopic (exact) mass is 312 g/mol. The molecule has 3 aromatic rings. The van der Waals surface area contributed by atoms with E-state index in [4.69, 9.17) is 4.74 Å². The summed E-state index contributed by atoms with van der Waals surface area (Å²) in [4.78, 5) is 15.5. The first-order valence-electron chi connectivity index (χ1n) is 7.44. The first-order chi connectivity index (χ1) is 11.2. The second-order valence-corrected chi connectivity index (χ2v) is 5.13. The number of ether oxygens (including phenoxy) is 1. The number of para-hydroxylation sites is 1. The zero-order chi connectivity index (χ0) is 16.2. The van der Waals surface area contributed by atoms with Gasteiger partial charge < -0.3 is 15.0 Å². The van der Waals surface area contributed by atoms with Crippen LogP contribution in [0.3, 0.4) is 0 Å². The SMILES string of the molecule is CCOC(=O)C(Nc1ccc(F)cc1)c1c[nH]c2ccccc12. The number of fused-ring (bicyclic) bond motifs is 1. The fraction of sp³-hybridized carbons (Fsp3) is 0.167. The number of rotatable bonds is 5. The maximum absolute atomic E-state index is 13.1. The third-order valence-electron chi connectivity index (χ3n) is 3.61. The van der Waals surface area contributed by atoms with E-state index in [1.807, 2.05) is 24.3 Å². The number of anilines is 1. The van der Waals surface area contributed by atoms with Crippen molar-refractivity contribution < 1.29 is 13.9 Å². The van der Waals surface area contributed by atoms with E-state index in [-0.39, 0.29) is 11.8 Å². The van der Waals surface area contributed by atoms with Gasteiger partial charge in [-0.05, 0) is 37.3 Å². The van der Waals surface area contributed by atoms with E-state index in [0.717, 1.165) is 16.5 Å². The van der Waals surface area contributed by atoms with Gasteiger partial charge >= 0.3 is 5.97 Å². The van der Waals surface area contributed by atoms with Crippen molar-refractivity contribution in [1.82, 2.24) is 4.98 Å². The third kappa shape index (κ3) is 3.18. The minimum atomic E-state index is -0.670. The highest BCUT2D eigenvalue weighted by atomic mass is 19.1. The van der Waals surface area contributed by atoms with Crippen molar-refractivity contribution in [3.63, 3.8) is 0 Å². The van der Waals surface area contributed by atoms with E-state index in [2.05, 4.69) is 10.3 Å². The second kappa shape index (κ2) is 6.52. The highest BCUT2D eigenvalue weighted by Gasteiger charge is 2.24. The number of carbonyl (C=O) groups excluding carboxylic acids is 1. The summed E-state index contributed by atoms with van der Waals surface area (Å²) in [6.07, 6.45) is 1.79. The lowest BCUT2D eigenvalue weighted by Crippen LogP contribution is -2.23. The maximum Gasteiger partial charge on any atom is 0.333 e. The van der Waals surface area contributed by atoms with Crippen molar-refractivity contribution in [2.24, 2.45) is 0 Å². The molecule has 0 aliphatic heterocycles. The molecule has 0 saturated heterocycles. The lowest BCUT2D eigenvalue weighted by Gasteiger charge is -2.18. The van der Waals surface area contributed by atoms with Crippen LogP contribution in [0.25, 0.3) is 10.9 Å². The van der Waals surface area contributed by atoms with Crippen LogP contribution < -0.4 is 5.32 Å². The van der Waals surface area contributed by atoms with Gasteiger partial charge in [-0.3, -0.25) is 0 Å². The molecule has 0 aliphatic carbocycles. The summed E-state index contributed by atoms with van der Waals surface area (Å²) in [5.41, 5.74) is 2.39. The lowest BCUT2D eigenvalue weighted by atomic mass is 10.1. The molecule has 1 atom stereocenters. The molecular formula is C18H17FN2O2. The number of H-pyrrole nitrogens is 1. The number of hydrogen-bond donors (Lipinski definition) is 2. The van der Waals surface area contributed by atoms with E-state index in [9.17, 15) is 9.18 Å². The molecule has 1 unspecified atom stereocenters. The first kappa shape index (κ1) is 15.1. The predicted octanol–water partition coefficient (Wildman–Crippen LogP) is 4.02. The van der Waals surface area contributed by atoms with Crippen LogP contribution in [0.1, 0.15) is 18.5 Å². The number of carbonyl (C=O) groups is 1. The molecule has 23 heavy (non-hydrogen) atoms. The van der Waals surface area contributed by atoms with Gasteiger partial charge in [-0.25, -0.2) is 9.18 Å². The molecule has 0 spiro atoms. The number of nitrogens with one attached hydrogen (secondary N) is 2. The molecule has 0 aliphatic rings. The number of aromatic amines is 1. The van der Waals surface area contributed by atoms with Crippen LogP contribution in [-0.4, -0.2) is 17.6 Å². The number of halogens is 1. The zero-order valence-electron chi connectivity index (χ0n) is 12.7. The largest absolute Gasteiger partial charge is 0.464 e. The molecule has 0 amide bonds. The summed E-state index contributed by atoms with van der Waals surface area (Å²) in [5, 5.41) is 4.07. The molecule has 2 aromatic carbocycles. The molecule has 0 bridgehead atoms. The lowest BCUT2D eigenvalue weighted by molar-refractivity contribution is -0.144. The van der Waals surface area contributed by atoms with Gasteiger partial charge in [-0.1, -0.05) is 18.2 Å². The average molecular weight is 312 g/mol. The Morgan fingerprint density at radius 2 is 1.96 bits per heavy atom. The minimum absolute atomic E-state index is 0.294. The van der Waals surface area contributed by atoms with Crippen molar-refractivity contribution >= 4 is 22.6 Å². The Kier molecular flexibility index (Phi) is 4.28. The van der Waals surface area contributed by atoms with E-state index in [1.54, 1.807) is 25.3 Å². The second-order valence-electron chi connectivity index (χ2n) is 5.13. The van der Waals surface area contributed by atoms with Crippen LogP contribution in [0.15, 0.2) is 54.7 Å². The number of esters is 1. The maximum atomic E-state index is 13.1. The van der Waals surface area contributed by atoms with E-state index >= 15 is 0 Å². The number of hydrogen-bond acceptors (Lipinski definition) is 3. The number of aromatic nitrogens is 1. The van der Waals surface area contributed by atoms with Crippen LogP contribution in [0.2, 0.25) is 0 Å². The summed E-state index contributed by atoms with van der Waals surface area (Å²) < 4.78 is 18.2. The molecule has 0 fully saturated rings. The van der Waals surface area contributed by atoms with Gasteiger partial charge in [0.2, 0.25) is 0 Å². The van der Waals surface area contributed by atoms with Crippen molar-refractivity contribution in [1.29, 1.82) is 0 Å². The van der Waals surface area contributed by atoms with Crippen LogP contribution in [-0.2, 0) is 9.53 Å². The summed E-state index contributed by atoms with van der Waals surface area (Å²) in [5.74, 6) is -0.697. The molecular weight excluding hydrogens is 295 g/mol. The van der Waals surface area contributed by atoms with Gasteiger partial charge in [0.05, 0.1) is 6.61 Å². The standard InChI is InChI=1S/C18H17FN2O2/c1-2-23-18(22)17(21-13-9-7-12(19)8-10-13)15-11-20-16-6-4-3-5-14(15)16/h3-11,17,20-21H,2H2,1H3. The van der Waals surface area contributed by atoms with Gasteiger partial charge in [0.15, 0.2) is 6.04 Å². The van der Waals surface area contributed by atoms with Gasteiger partial charge in [0.25, 0.3) is 0 Å². The topological polar surface area (TPSA) is 54.1 Å². The van der Waals surface area contributed by atoms with Gasteiger partial charge in [0, 0.05) is 28.4 Å². The molecule has 0 saturated carbocycles. The quantitative estimate of drug-likeness (QED) is 0.700. The zero-order valence-corrected chi connectivity index (χ0v) is 12.7. The van der Waals surface area contributed by atoms with E-state index in [0.29, 0.717) is 12.3 Å². The van der Waals surface area contributed by atoms with Crippen LogP contribution in [0, 0.1) is 5.82 Å². The Morgan fingerprint density at radius 1 is 1.22 bits per heavy atom. The Bertz CT molecular complexity index is 811. The van der Waals surface area contributed by atoms with Crippen LogP contribution in [0.5, 0.6) is 0 Å². The third-order valence-corrected chi connectivity index (χ3v) is 3.61. The summed E-state index contributed by atoms with van der Waals surface area (Å²) in [6.45, 7) is 2.06. The fourth-order valence-corrected chi connectivity index (χ4v) is 2.53. The fourth-order valence-electron chi connectivity index (χ4n) is 2.53. The molecule has 3 rings (SSSR count). The van der Waals surface area contributed by atoms with Crippen molar-refractivity contribution in [3.8, 4) is 0 Å². The molecule has 5 heteroatoms. The van der Waals surface area contributed by atoms with Crippen LogP contribution >= 0.6 is 0 Å². The molecule has 1 aromatic heterocycles. The first-order valence-corrected chi connectivity index (χ1v) is 7.44. The molecule has 118 valence electrons. The van der Waals surface area contributed by atoms with E-state index in [1.165, 1.54) is 12.1 Å². The van der Waals surface area contributed by atoms with Gasteiger partial charge in [0.1, 0.15) is 5.82 Å². The van der Waals surface area contributed by atoms with Crippen LogP contribution in [0.4, 0.5) is 10.1 Å². The van der Waals surface area contributed by atoms with Crippen molar-refractivity contribution in [3.05, 3.63) is 66.1 Å². The van der Waals surface area contributed by atoms with Crippen molar-refractivity contribution in [2.75, 3.05) is 11.9 Å². The normalized spacial score (nSPS) is 12.1. The Labute approximate surface area is 133 Å². The van der Waals surface area contributed by atoms with Gasteiger partial charge in [-0.15, -0.1) is 0 Å². The minimum Gasteiger partial charge on any atom is -0.464 e. The number of benzene rings is 2. The Morgan fingerprint density at radius 3 is 2.70 bits per heavy atom.